The van der Waals surface area contributed by atoms with Crippen LogP contribution in [0.25, 0.3) is 10.2 Å². The lowest BCUT2D eigenvalue weighted by atomic mass is 9.92. The van der Waals surface area contributed by atoms with Gasteiger partial charge in [0.25, 0.3) is 5.91 Å². The number of amides is 1. The van der Waals surface area contributed by atoms with Crippen LogP contribution in [0.3, 0.4) is 0 Å². The number of sulfonamides is 1. The normalized spacial score (nSPS) is 15.8. The quantitative estimate of drug-likeness (QED) is 0.350. The molecule has 0 aliphatic carbocycles. The fraction of sp³-hybridized carbons (Fsp3) is 0.222. The van der Waals surface area contributed by atoms with Crippen molar-refractivity contribution in [1.82, 2.24) is 9.29 Å². The van der Waals surface area contributed by atoms with Gasteiger partial charge in [-0.05, 0) is 54.3 Å². The van der Waals surface area contributed by atoms with Crippen LogP contribution in [0.15, 0.2) is 77.7 Å². The van der Waals surface area contributed by atoms with Crippen LogP contribution < -0.4 is 5.32 Å². The van der Waals surface area contributed by atoms with Crippen molar-refractivity contribution in [2.45, 2.75) is 30.7 Å². The Balaban J connectivity index is 1.28. The molecule has 1 unspecified atom stereocenters. The predicted molar refractivity (Wildman–Crippen MR) is 142 cm³/mol. The number of hydrogen-bond donors (Lipinski definition) is 1. The highest BCUT2D eigenvalue weighted by molar-refractivity contribution is 7.89. The van der Waals surface area contributed by atoms with E-state index in [0.29, 0.717) is 11.6 Å². The molecule has 2 heterocycles. The molecule has 0 fully saturated rings. The van der Waals surface area contributed by atoms with Crippen LogP contribution in [-0.2, 0) is 30.8 Å². The van der Waals surface area contributed by atoms with Gasteiger partial charge < -0.3 is 4.74 Å². The van der Waals surface area contributed by atoms with Crippen LogP contribution >= 0.6 is 11.3 Å². The second-order valence-electron chi connectivity index (χ2n) is 8.80. The summed E-state index contributed by atoms with van der Waals surface area (Å²) in [7, 11) is -3.85. The van der Waals surface area contributed by atoms with Gasteiger partial charge in [0.05, 0.1) is 27.6 Å². The lowest BCUT2D eigenvalue weighted by Crippen LogP contribution is -2.41. The molecule has 1 amide bonds. The SMILES string of the molecule is Cc1ccc2nc(NC(=O)COC(=O)CC3c4ccccc4CCN3S(=O)(=O)c3ccccc3)sc2c1. The Morgan fingerprint density at radius 3 is 2.65 bits per heavy atom. The molecule has 8 nitrogen and oxygen atoms in total. The van der Waals surface area contributed by atoms with E-state index in [-0.39, 0.29) is 17.9 Å². The molecule has 1 N–H and O–H groups in total. The number of ether oxygens (including phenoxy) is 1. The number of aromatic nitrogens is 1. The first kappa shape index (κ1) is 25.1. The number of nitrogens with zero attached hydrogens (tertiary/aromatic N) is 2. The molecule has 0 saturated carbocycles. The van der Waals surface area contributed by atoms with Gasteiger partial charge in [-0.2, -0.15) is 4.31 Å². The average molecular weight is 536 g/mol. The zero-order chi connectivity index (χ0) is 26.0. The maximum Gasteiger partial charge on any atom is 0.308 e. The van der Waals surface area contributed by atoms with Gasteiger partial charge in [0.2, 0.25) is 10.0 Å². The fourth-order valence-electron chi connectivity index (χ4n) is 4.46. The van der Waals surface area contributed by atoms with E-state index >= 15 is 0 Å². The van der Waals surface area contributed by atoms with E-state index in [1.54, 1.807) is 30.3 Å². The standard InChI is InChI=1S/C27H25N3O5S2/c1-18-11-12-22-24(15-18)36-27(28-22)29-25(31)17-35-26(32)16-23-21-10-6-5-7-19(21)13-14-30(23)37(33,34)20-8-3-2-4-9-20/h2-12,15,23H,13-14,16-17H2,1H3,(H,28,29,31). The average Bonchev–Trinajstić information content (AvgIpc) is 3.29. The van der Waals surface area contributed by atoms with Crippen LogP contribution in [0.4, 0.5) is 5.13 Å². The molecule has 190 valence electrons. The van der Waals surface area contributed by atoms with Gasteiger partial charge in [-0.1, -0.05) is 59.9 Å². The molecule has 4 aromatic rings. The minimum atomic E-state index is -3.85. The Bertz CT molecular complexity index is 1570. The number of aryl methyl sites for hydroxylation is 1. The molecule has 1 atom stereocenters. The van der Waals surface area contributed by atoms with E-state index in [1.807, 2.05) is 49.4 Å². The number of carbonyl (C=O) groups is 2. The first-order chi connectivity index (χ1) is 17.8. The number of anilines is 1. The Morgan fingerprint density at radius 1 is 1.08 bits per heavy atom. The maximum absolute atomic E-state index is 13.5. The summed E-state index contributed by atoms with van der Waals surface area (Å²) in [5, 5.41) is 3.08. The Kier molecular flexibility index (Phi) is 7.05. The summed E-state index contributed by atoms with van der Waals surface area (Å²) >= 11 is 1.34. The number of hydrogen-bond acceptors (Lipinski definition) is 7. The summed E-state index contributed by atoms with van der Waals surface area (Å²) < 4.78 is 34.5. The molecule has 0 spiro atoms. The van der Waals surface area contributed by atoms with Crippen molar-refractivity contribution in [2.75, 3.05) is 18.5 Å². The number of fused-ring (bicyclic) bond motifs is 2. The van der Waals surface area contributed by atoms with Crippen LogP contribution in [0.2, 0.25) is 0 Å². The molecular formula is C27H25N3O5S2. The zero-order valence-corrected chi connectivity index (χ0v) is 21.7. The highest BCUT2D eigenvalue weighted by Crippen LogP contribution is 2.36. The lowest BCUT2D eigenvalue weighted by molar-refractivity contribution is -0.148. The molecule has 0 saturated heterocycles. The molecular weight excluding hydrogens is 510 g/mol. The number of benzene rings is 3. The van der Waals surface area contributed by atoms with Crippen LogP contribution in [-0.4, -0.2) is 42.7 Å². The van der Waals surface area contributed by atoms with E-state index in [9.17, 15) is 18.0 Å². The Hall–Kier alpha value is -3.60. The topological polar surface area (TPSA) is 106 Å². The summed E-state index contributed by atoms with van der Waals surface area (Å²) in [6.45, 7) is 1.73. The van der Waals surface area contributed by atoms with Crippen molar-refractivity contribution in [3.8, 4) is 0 Å². The molecule has 1 aliphatic heterocycles. The van der Waals surface area contributed by atoms with Gasteiger partial charge in [-0.15, -0.1) is 0 Å². The van der Waals surface area contributed by atoms with Gasteiger partial charge in [-0.25, -0.2) is 13.4 Å². The summed E-state index contributed by atoms with van der Waals surface area (Å²) in [6.07, 6.45) is 0.328. The minimum Gasteiger partial charge on any atom is -0.456 e. The number of thiazole rings is 1. The van der Waals surface area contributed by atoms with Gasteiger partial charge >= 0.3 is 5.97 Å². The van der Waals surface area contributed by atoms with Crippen LogP contribution in [0.1, 0.15) is 29.2 Å². The van der Waals surface area contributed by atoms with Gasteiger partial charge in [0.1, 0.15) is 0 Å². The monoisotopic (exact) mass is 535 g/mol. The second kappa shape index (κ2) is 10.4. The number of rotatable bonds is 7. The minimum absolute atomic E-state index is 0.165. The third kappa shape index (κ3) is 5.41. The highest BCUT2D eigenvalue weighted by atomic mass is 32.2. The molecule has 10 heteroatoms. The van der Waals surface area contributed by atoms with E-state index in [2.05, 4.69) is 10.3 Å². The number of esters is 1. The molecule has 0 radical (unpaired) electrons. The van der Waals surface area contributed by atoms with Crippen molar-refractivity contribution in [2.24, 2.45) is 0 Å². The van der Waals surface area contributed by atoms with Crippen molar-refractivity contribution in [1.29, 1.82) is 0 Å². The van der Waals surface area contributed by atoms with Crippen molar-refractivity contribution >= 4 is 48.6 Å². The first-order valence-corrected chi connectivity index (χ1v) is 14.0. The largest absolute Gasteiger partial charge is 0.456 e. The van der Waals surface area contributed by atoms with Crippen molar-refractivity contribution in [3.63, 3.8) is 0 Å². The zero-order valence-electron chi connectivity index (χ0n) is 20.1. The van der Waals surface area contributed by atoms with E-state index in [0.717, 1.165) is 26.9 Å². The van der Waals surface area contributed by atoms with Gasteiger partial charge in [0.15, 0.2) is 11.7 Å². The van der Waals surface area contributed by atoms with E-state index in [4.69, 9.17) is 4.74 Å². The number of carbonyl (C=O) groups excluding carboxylic acids is 2. The molecule has 0 bridgehead atoms. The van der Waals surface area contributed by atoms with Crippen molar-refractivity contribution in [3.05, 3.63) is 89.5 Å². The third-order valence-corrected chi connectivity index (χ3v) is 9.08. The van der Waals surface area contributed by atoms with Crippen molar-refractivity contribution < 1.29 is 22.7 Å². The molecule has 5 rings (SSSR count). The smallest absolute Gasteiger partial charge is 0.308 e. The summed E-state index contributed by atoms with van der Waals surface area (Å²) in [5.74, 6) is -1.17. The van der Waals surface area contributed by atoms with Crippen LogP contribution in [0.5, 0.6) is 0 Å². The fourth-order valence-corrected chi connectivity index (χ4v) is 7.07. The second-order valence-corrected chi connectivity index (χ2v) is 11.7. The molecule has 37 heavy (non-hydrogen) atoms. The summed E-state index contributed by atoms with van der Waals surface area (Å²) in [4.78, 5) is 29.8. The Labute approximate surface area is 219 Å². The molecule has 3 aromatic carbocycles. The lowest BCUT2D eigenvalue weighted by Gasteiger charge is -2.36. The molecule has 1 aliphatic rings. The summed E-state index contributed by atoms with van der Waals surface area (Å²) in [6, 6.07) is 20.7. The maximum atomic E-state index is 13.5. The van der Waals surface area contributed by atoms with Gasteiger partial charge in [0, 0.05) is 6.54 Å². The Morgan fingerprint density at radius 2 is 1.84 bits per heavy atom. The van der Waals surface area contributed by atoms with E-state index < -0.39 is 34.5 Å². The highest BCUT2D eigenvalue weighted by Gasteiger charge is 2.37. The number of nitrogens with one attached hydrogen (secondary N) is 1. The van der Waals surface area contributed by atoms with Crippen LogP contribution in [0, 0.1) is 6.92 Å². The summed E-state index contributed by atoms with van der Waals surface area (Å²) in [5.41, 5.74) is 3.62. The van der Waals surface area contributed by atoms with E-state index in [1.165, 1.54) is 15.6 Å². The third-order valence-electron chi connectivity index (χ3n) is 6.23. The predicted octanol–water partition coefficient (Wildman–Crippen LogP) is 4.46. The van der Waals surface area contributed by atoms with Gasteiger partial charge in [-0.3, -0.25) is 14.9 Å². The first-order valence-electron chi connectivity index (χ1n) is 11.8. The molecule has 1 aromatic heterocycles.